The molecule has 2 aromatic rings. The lowest BCUT2D eigenvalue weighted by atomic mass is 10.2. The van der Waals surface area contributed by atoms with Crippen molar-refractivity contribution >= 4 is 39.2 Å². The summed E-state index contributed by atoms with van der Waals surface area (Å²) in [7, 11) is 0. The molecule has 0 amide bonds. The number of hydrogen-bond acceptors (Lipinski definition) is 3. The summed E-state index contributed by atoms with van der Waals surface area (Å²) >= 11 is 8.96. The van der Waals surface area contributed by atoms with Gasteiger partial charge in [0.25, 0.3) is 0 Å². The molecule has 1 aromatic heterocycles. The molecule has 1 aromatic carbocycles. The molecule has 0 atom stereocenters. The molecule has 8 heteroatoms. The van der Waals surface area contributed by atoms with Gasteiger partial charge in [0.05, 0.1) is 20.7 Å². The van der Waals surface area contributed by atoms with Crippen LogP contribution in [-0.2, 0) is 6.18 Å². The van der Waals surface area contributed by atoms with Gasteiger partial charge < -0.3 is 5.32 Å². The van der Waals surface area contributed by atoms with Crippen LogP contribution >= 0.6 is 27.5 Å². The van der Waals surface area contributed by atoms with Gasteiger partial charge in [0.2, 0.25) is 5.95 Å². The van der Waals surface area contributed by atoms with Crippen LogP contribution in [0.4, 0.5) is 24.8 Å². The number of benzene rings is 1. The third-order valence-corrected chi connectivity index (χ3v) is 2.89. The summed E-state index contributed by atoms with van der Waals surface area (Å²) in [5.74, 6) is 0.241. The van der Waals surface area contributed by atoms with E-state index >= 15 is 0 Å². The van der Waals surface area contributed by atoms with Crippen LogP contribution in [0.1, 0.15) is 5.56 Å². The molecule has 0 fully saturated rings. The maximum atomic E-state index is 12.5. The number of nitrogens with zero attached hydrogens (tertiary/aromatic N) is 2. The van der Waals surface area contributed by atoms with Crippen molar-refractivity contribution in [2.24, 2.45) is 0 Å². The van der Waals surface area contributed by atoms with Crippen LogP contribution < -0.4 is 5.32 Å². The van der Waals surface area contributed by atoms with E-state index in [-0.39, 0.29) is 11.0 Å². The minimum atomic E-state index is -4.42. The molecule has 0 unspecified atom stereocenters. The number of alkyl halides is 3. The normalized spacial score (nSPS) is 11.4. The molecule has 0 aliphatic heterocycles. The maximum Gasteiger partial charge on any atom is 0.416 e. The van der Waals surface area contributed by atoms with Crippen molar-refractivity contribution < 1.29 is 13.2 Å². The van der Waals surface area contributed by atoms with E-state index in [1.54, 1.807) is 0 Å². The highest BCUT2D eigenvalue weighted by atomic mass is 79.9. The largest absolute Gasteiger partial charge is 0.416 e. The van der Waals surface area contributed by atoms with Crippen LogP contribution in [0.3, 0.4) is 0 Å². The average Bonchev–Trinajstić information content (AvgIpc) is 2.33. The summed E-state index contributed by atoms with van der Waals surface area (Å²) in [6, 6.07) is 3.02. The zero-order valence-electron chi connectivity index (χ0n) is 9.17. The lowest BCUT2D eigenvalue weighted by Crippen LogP contribution is -2.05. The first-order chi connectivity index (χ1) is 8.86. The smallest absolute Gasteiger partial charge is 0.323 e. The minimum absolute atomic E-state index is 0.0543. The highest BCUT2D eigenvalue weighted by Gasteiger charge is 2.30. The molecule has 1 N–H and O–H groups in total. The molecule has 0 spiro atoms. The fraction of sp³-hybridized carbons (Fsp3) is 0.0909. The Kier molecular flexibility index (Phi) is 3.96. The average molecular weight is 353 g/mol. The monoisotopic (exact) mass is 351 g/mol. The Hall–Kier alpha value is -1.34. The molecule has 0 saturated carbocycles. The molecule has 0 saturated heterocycles. The fourth-order valence-electron chi connectivity index (χ4n) is 1.29. The molecule has 3 nitrogen and oxygen atoms in total. The summed E-state index contributed by atoms with van der Waals surface area (Å²) in [6.07, 6.45) is -1.41. The van der Waals surface area contributed by atoms with E-state index in [1.807, 2.05) is 0 Å². The van der Waals surface area contributed by atoms with Crippen molar-refractivity contribution in [3.8, 4) is 0 Å². The first-order valence-corrected chi connectivity index (χ1v) is 6.14. The van der Waals surface area contributed by atoms with Crippen molar-refractivity contribution in [3.63, 3.8) is 0 Å². The van der Waals surface area contributed by atoms with Crippen molar-refractivity contribution in [2.45, 2.75) is 6.18 Å². The fourth-order valence-corrected chi connectivity index (χ4v) is 1.72. The minimum Gasteiger partial charge on any atom is -0.323 e. The Morgan fingerprint density at radius 2 is 1.79 bits per heavy atom. The van der Waals surface area contributed by atoms with Gasteiger partial charge >= 0.3 is 6.18 Å². The van der Waals surface area contributed by atoms with E-state index in [0.29, 0.717) is 10.2 Å². The quantitative estimate of drug-likeness (QED) is 0.854. The maximum absolute atomic E-state index is 12.5. The van der Waals surface area contributed by atoms with Crippen molar-refractivity contribution in [3.05, 3.63) is 45.7 Å². The molecule has 19 heavy (non-hydrogen) atoms. The zero-order chi connectivity index (χ0) is 14.0. The number of rotatable bonds is 2. The molecular weight excluding hydrogens is 346 g/mol. The second-order valence-electron chi connectivity index (χ2n) is 3.54. The van der Waals surface area contributed by atoms with E-state index in [1.165, 1.54) is 18.5 Å². The van der Waals surface area contributed by atoms with Crippen molar-refractivity contribution in [1.29, 1.82) is 0 Å². The number of aromatic nitrogens is 2. The molecule has 0 aliphatic rings. The molecule has 0 bridgehead atoms. The van der Waals surface area contributed by atoms with E-state index in [0.717, 1.165) is 12.1 Å². The predicted molar refractivity (Wildman–Crippen MR) is 69.5 cm³/mol. The summed E-state index contributed by atoms with van der Waals surface area (Å²) in [6.45, 7) is 0. The number of halogens is 5. The lowest BCUT2D eigenvalue weighted by Gasteiger charge is -2.10. The van der Waals surface area contributed by atoms with Crippen molar-refractivity contribution in [2.75, 3.05) is 5.32 Å². The Morgan fingerprint density at radius 3 is 2.32 bits per heavy atom. The summed E-state index contributed by atoms with van der Waals surface area (Å²) in [4.78, 5) is 7.87. The second-order valence-corrected chi connectivity index (χ2v) is 4.87. The molecular formula is C11H6BrClF3N3. The Balaban J connectivity index is 2.24. The summed E-state index contributed by atoms with van der Waals surface area (Å²) in [5.41, 5.74) is -0.503. The van der Waals surface area contributed by atoms with Crippen LogP contribution in [0.2, 0.25) is 5.02 Å². The van der Waals surface area contributed by atoms with Crippen LogP contribution in [-0.4, -0.2) is 9.97 Å². The van der Waals surface area contributed by atoms with Crippen molar-refractivity contribution in [1.82, 2.24) is 9.97 Å². The third kappa shape index (κ3) is 3.57. The SMILES string of the molecule is FC(F)(F)c1ccc(Nc2ncc(Br)cn2)c(Cl)c1. The third-order valence-electron chi connectivity index (χ3n) is 2.16. The zero-order valence-corrected chi connectivity index (χ0v) is 11.5. The molecule has 0 aliphatic carbocycles. The summed E-state index contributed by atoms with van der Waals surface area (Å²) < 4.78 is 38.1. The Morgan fingerprint density at radius 1 is 1.16 bits per heavy atom. The molecule has 1 heterocycles. The van der Waals surface area contributed by atoms with Crippen LogP contribution in [0.5, 0.6) is 0 Å². The number of anilines is 2. The van der Waals surface area contributed by atoms with Gasteiger partial charge in [-0.05, 0) is 34.1 Å². The first kappa shape index (κ1) is 14.1. The Bertz CT molecular complexity index is 587. The van der Waals surface area contributed by atoms with Crippen LogP contribution in [0, 0.1) is 0 Å². The molecule has 100 valence electrons. The van der Waals surface area contributed by atoms with Gasteiger partial charge in [-0.3, -0.25) is 0 Å². The van der Waals surface area contributed by atoms with Gasteiger partial charge in [-0.2, -0.15) is 13.2 Å². The van der Waals surface area contributed by atoms with E-state index in [9.17, 15) is 13.2 Å². The standard InChI is InChI=1S/C11H6BrClF3N3/c12-7-4-17-10(18-5-7)19-9-2-1-6(3-8(9)13)11(14,15)16/h1-5H,(H,17,18,19). The van der Waals surface area contributed by atoms with Gasteiger partial charge in [-0.25, -0.2) is 9.97 Å². The van der Waals surface area contributed by atoms with Gasteiger partial charge in [0.15, 0.2) is 0 Å². The van der Waals surface area contributed by atoms with Gasteiger partial charge in [-0.15, -0.1) is 0 Å². The van der Waals surface area contributed by atoms with E-state index in [4.69, 9.17) is 11.6 Å². The van der Waals surface area contributed by atoms with Crippen LogP contribution in [0.25, 0.3) is 0 Å². The van der Waals surface area contributed by atoms with E-state index < -0.39 is 11.7 Å². The number of nitrogens with one attached hydrogen (secondary N) is 1. The van der Waals surface area contributed by atoms with E-state index in [2.05, 4.69) is 31.2 Å². The van der Waals surface area contributed by atoms with Crippen LogP contribution in [0.15, 0.2) is 35.1 Å². The lowest BCUT2D eigenvalue weighted by molar-refractivity contribution is -0.137. The van der Waals surface area contributed by atoms with Gasteiger partial charge in [-0.1, -0.05) is 11.6 Å². The molecule has 0 radical (unpaired) electrons. The highest BCUT2D eigenvalue weighted by molar-refractivity contribution is 9.10. The molecule has 2 rings (SSSR count). The highest BCUT2D eigenvalue weighted by Crippen LogP contribution is 2.34. The van der Waals surface area contributed by atoms with Gasteiger partial charge in [0, 0.05) is 12.4 Å². The summed E-state index contributed by atoms with van der Waals surface area (Å²) in [5, 5.41) is 2.68. The number of hydrogen-bond donors (Lipinski definition) is 1. The second kappa shape index (κ2) is 5.34. The Labute approximate surface area is 120 Å². The predicted octanol–water partition coefficient (Wildman–Crippen LogP) is 4.65. The topological polar surface area (TPSA) is 37.8 Å². The van der Waals surface area contributed by atoms with Gasteiger partial charge in [0.1, 0.15) is 0 Å². The first-order valence-electron chi connectivity index (χ1n) is 4.97.